The van der Waals surface area contributed by atoms with E-state index < -0.39 is 0 Å². The zero-order valence-electron chi connectivity index (χ0n) is 10.9. The molecule has 0 radical (unpaired) electrons. The third-order valence-electron chi connectivity index (χ3n) is 2.80. The minimum atomic E-state index is -0.342. The molecule has 2 aromatic rings. The molecule has 20 heavy (non-hydrogen) atoms. The van der Waals surface area contributed by atoms with Gasteiger partial charge >= 0.3 is 0 Å². The van der Waals surface area contributed by atoms with Crippen molar-refractivity contribution in [3.05, 3.63) is 54.1 Å². The van der Waals surface area contributed by atoms with Crippen LogP contribution >= 0.6 is 0 Å². The molecule has 1 aromatic carbocycles. The number of rotatable bonds is 5. The van der Waals surface area contributed by atoms with Gasteiger partial charge in [0.05, 0.1) is 18.0 Å². The van der Waals surface area contributed by atoms with E-state index in [9.17, 15) is 9.18 Å². The van der Waals surface area contributed by atoms with Gasteiger partial charge in [-0.1, -0.05) is 0 Å². The Morgan fingerprint density at radius 1 is 1.20 bits per heavy atom. The Balaban J connectivity index is 2.27. The highest BCUT2D eigenvalue weighted by atomic mass is 19.1. The van der Waals surface area contributed by atoms with E-state index in [-0.39, 0.29) is 11.7 Å². The summed E-state index contributed by atoms with van der Waals surface area (Å²) >= 11 is 0. The van der Waals surface area contributed by atoms with Crippen LogP contribution in [0.3, 0.4) is 0 Å². The second-order valence-electron chi connectivity index (χ2n) is 4.21. The molecule has 0 aliphatic heterocycles. The monoisotopic (exact) mass is 274 g/mol. The zero-order chi connectivity index (χ0) is 14.4. The van der Waals surface area contributed by atoms with Gasteiger partial charge in [0, 0.05) is 12.2 Å². The Kier molecular flexibility index (Phi) is 4.73. The van der Waals surface area contributed by atoms with Gasteiger partial charge in [-0.2, -0.15) is 10.2 Å². The van der Waals surface area contributed by atoms with Crippen LogP contribution in [-0.2, 0) is 0 Å². The normalized spacial score (nSPS) is 10.3. The zero-order valence-corrected chi connectivity index (χ0v) is 10.9. The lowest BCUT2D eigenvalue weighted by atomic mass is 10.2. The summed E-state index contributed by atoms with van der Waals surface area (Å²) < 4.78 is 13.0. The van der Waals surface area contributed by atoms with Crippen LogP contribution in [0.15, 0.2) is 42.7 Å². The largest absolute Gasteiger partial charge is 0.330 e. The van der Waals surface area contributed by atoms with Crippen molar-refractivity contribution in [3.63, 3.8) is 0 Å². The summed E-state index contributed by atoms with van der Waals surface area (Å²) in [5.41, 5.74) is 6.56. The lowest BCUT2D eigenvalue weighted by Crippen LogP contribution is -2.33. The molecule has 0 bridgehead atoms. The number of hydrogen-bond acceptors (Lipinski definition) is 4. The predicted octanol–water partition coefficient (Wildman–Crippen LogP) is 1.61. The maximum atomic E-state index is 13.0. The van der Waals surface area contributed by atoms with Gasteiger partial charge in [0.2, 0.25) is 0 Å². The first kappa shape index (κ1) is 14.1. The van der Waals surface area contributed by atoms with Gasteiger partial charge in [-0.05, 0) is 43.3 Å². The molecule has 2 N–H and O–H groups in total. The molecule has 0 fully saturated rings. The minimum absolute atomic E-state index is 0.208. The minimum Gasteiger partial charge on any atom is -0.330 e. The Bertz CT molecular complexity index is 559. The molecule has 0 saturated carbocycles. The second kappa shape index (κ2) is 6.72. The van der Waals surface area contributed by atoms with Crippen molar-refractivity contribution in [2.24, 2.45) is 5.73 Å². The van der Waals surface area contributed by atoms with E-state index in [4.69, 9.17) is 5.73 Å². The van der Waals surface area contributed by atoms with Crippen LogP contribution in [0.25, 0.3) is 0 Å². The Hall–Kier alpha value is -2.34. The average molecular weight is 274 g/mol. The number of aromatic nitrogens is 2. The van der Waals surface area contributed by atoms with E-state index in [1.807, 2.05) is 0 Å². The third-order valence-corrected chi connectivity index (χ3v) is 2.80. The van der Waals surface area contributed by atoms with Gasteiger partial charge in [0.15, 0.2) is 0 Å². The standard InChI is InChI=1S/C14H15FN4O/c15-12-2-4-13(5-3-12)19(9-1-7-16)14(20)11-6-8-17-18-10-11/h2-6,8,10H,1,7,9,16H2. The Labute approximate surface area is 116 Å². The summed E-state index contributed by atoms with van der Waals surface area (Å²) in [5.74, 6) is -0.550. The van der Waals surface area contributed by atoms with Gasteiger partial charge in [-0.15, -0.1) is 0 Å². The number of amides is 1. The fourth-order valence-electron chi connectivity index (χ4n) is 1.79. The molecule has 0 aliphatic rings. The van der Waals surface area contributed by atoms with Crippen LogP contribution in [0.2, 0.25) is 0 Å². The third kappa shape index (κ3) is 3.36. The van der Waals surface area contributed by atoms with Crippen molar-refractivity contribution in [3.8, 4) is 0 Å². The van der Waals surface area contributed by atoms with Gasteiger partial charge in [0.1, 0.15) is 5.82 Å². The first-order valence-electron chi connectivity index (χ1n) is 6.26. The fourth-order valence-corrected chi connectivity index (χ4v) is 1.79. The summed E-state index contributed by atoms with van der Waals surface area (Å²) in [4.78, 5) is 14.0. The average Bonchev–Trinajstić information content (AvgIpc) is 2.50. The van der Waals surface area contributed by atoms with Crippen LogP contribution in [0.4, 0.5) is 10.1 Å². The maximum absolute atomic E-state index is 13.0. The molecule has 1 heterocycles. The maximum Gasteiger partial charge on any atom is 0.259 e. The summed E-state index contributed by atoms with van der Waals surface area (Å²) in [6.45, 7) is 0.933. The van der Waals surface area contributed by atoms with Crippen molar-refractivity contribution in [2.75, 3.05) is 18.0 Å². The van der Waals surface area contributed by atoms with E-state index in [0.29, 0.717) is 30.8 Å². The number of carbonyl (C=O) groups excluding carboxylic acids is 1. The molecular weight excluding hydrogens is 259 g/mol. The van der Waals surface area contributed by atoms with Crippen LogP contribution in [0.1, 0.15) is 16.8 Å². The molecule has 6 heteroatoms. The van der Waals surface area contributed by atoms with E-state index >= 15 is 0 Å². The highest BCUT2D eigenvalue weighted by molar-refractivity contribution is 6.05. The second-order valence-corrected chi connectivity index (χ2v) is 4.21. The lowest BCUT2D eigenvalue weighted by molar-refractivity contribution is 0.0986. The Morgan fingerprint density at radius 3 is 2.55 bits per heavy atom. The van der Waals surface area contributed by atoms with Crippen LogP contribution in [-0.4, -0.2) is 29.2 Å². The summed E-state index contributed by atoms with van der Waals surface area (Å²) in [7, 11) is 0. The number of benzene rings is 1. The topological polar surface area (TPSA) is 72.1 Å². The molecule has 1 aromatic heterocycles. The van der Waals surface area contributed by atoms with E-state index in [2.05, 4.69) is 10.2 Å². The highest BCUT2D eigenvalue weighted by Gasteiger charge is 2.17. The quantitative estimate of drug-likeness (QED) is 0.899. The Morgan fingerprint density at radius 2 is 1.95 bits per heavy atom. The van der Waals surface area contributed by atoms with Crippen molar-refractivity contribution >= 4 is 11.6 Å². The van der Waals surface area contributed by atoms with Gasteiger partial charge in [-0.3, -0.25) is 4.79 Å². The molecule has 1 amide bonds. The number of hydrogen-bond donors (Lipinski definition) is 1. The number of anilines is 1. The lowest BCUT2D eigenvalue weighted by Gasteiger charge is -2.22. The molecule has 0 atom stereocenters. The van der Waals surface area contributed by atoms with E-state index in [1.165, 1.54) is 24.5 Å². The van der Waals surface area contributed by atoms with Crippen LogP contribution < -0.4 is 10.6 Å². The molecule has 104 valence electrons. The predicted molar refractivity (Wildman–Crippen MR) is 73.8 cm³/mol. The van der Waals surface area contributed by atoms with Crippen LogP contribution in [0, 0.1) is 5.82 Å². The molecule has 0 unspecified atom stereocenters. The van der Waals surface area contributed by atoms with E-state index in [0.717, 1.165) is 0 Å². The molecule has 0 spiro atoms. The van der Waals surface area contributed by atoms with Crippen molar-refractivity contribution in [1.29, 1.82) is 0 Å². The van der Waals surface area contributed by atoms with Crippen molar-refractivity contribution in [2.45, 2.75) is 6.42 Å². The number of carbonyl (C=O) groups is 1. The smallest absolute Gasteiger partial charge is 0.259 e. The molecule has 0 saturated heterocycles. The number of nitrogens with zero attached hydrogens (tertiary/aromatic N) is 3. The summed E-state index contributed by atoms with van der Waals surface area (Å²) in [6, 6.07) is 7.37. The van der Waals surface area contributed by atoms with Crippen molar-refractivity contribution < 1.29 is 9.18 Å². The van der Waals surface area contributed by atoms with E-state index in [1.54, 1.807) is 23.1 Å². The van der Waals surface area contributed by atoms with Gasteiger partial charge < -0.3 is 10.6 Å². The fraction of sp³-hybridized carbons (Fsp3) is 0.214. The molecule has 0 aliphatic carbocycles. The molecule has 5 nitrogen and oxygen atoms in total. The molecular formula is C14H15FN4O. The number of halogens is 1. The highest BCUT2D eigenvalue weighted by Crippen LogP contribution is 2.17. The first-order chi connectivity index (χ1) is 9.72. The van der Waals surface area contributed by atoms with Crippen molar-refractivity contribution in [1.82, 2.24) is 10.2 Å². The SMILES string of the molecule is NCCCN(C(=O)c1ccnnc1)c1ccc(F)cc1. The number of nitrogens with two attached hydrogens (primary N) is 1. The molecule has 2 rings (SSSR count). The van der Waals surface area contributed by atoms with Gasteiger partial charge in [0.25, 0.3) is 5.91 Å². The summed E-state index contributed by atoms with van der Waals surface area (Å²) in [5, 5.41) is 7.34. The van der Waals surface area contributed by atoms with Crippen LogP contribution in [0.5, 0.6) is 0 Å². The first-order valence-corrected chi connectivity index (χ1v) is 6.26. The summed E-state index contributed by atoms with van der Waals surface area (Å²) in [6.07, 6.45) is 3.52. The van der Waals surface area contributed by atoms with Gasteiger partial charge in [-0.25, -0.2) is 4.39 Å².